The highest BCUT2D eigenvalue weighted by Gasteiger charge is 2.29. The first-order chi connectivity index (χ1) is 11.0. The van der Waals surface area contributed by atoms with E-state index in [4.69, 9.17) is 11.6 Å². The van der Waals surface area contributed by atoms with Crippen molar-refractivity contribution in [3.8, 4) is 6.01 Å². The zero-order valence-corrected chi connectivity index (χ0v) is 14.1. The van der Waals surface area contributed by atoms with Gasteiger partial charge in [0.25, 0.3) is 0 Å². The van der Waals surface area contributed by atoms with E-state index in [1.165, 1.54) is 4.31 Å². The second-order valence-electron chi connectivity index (χ2n) is 5.20. The van der Waals surface area contributed by atoms with E-state index in [9.17, 15) is 21.6 Å². The van der Waals surface area contributed by atoms with Gasteiger partial charge in [-0.15, -0.1) is 0 Å². The molecular formula is C11H15ClF3N5O3S. The number of rotatable bonds is 5. The van der Waals surface area contributed by atoms with Crippen molar-refractivity contribution in [2.24, 2.45) is 0 Å². The van der Waals surface area contributed by atoms with Crippen molar-refractivity contribution in [3.63, 3.8) is 0 Å². The zero-order valence-electron chi connectivity index (χ0n) is 12.5. The Hall–Kier alpha value is -1.40. The van der Waals surface area contributed by atoms with Crippen molar-refractivity contribution >= 4 is 27.6 Å². The topological polar surface area (TPSA) is 97.3 Å². The molecule has 1 aromatic rings. The van der Waals surface area contributed by atoms with Crippen LogP contribution in [-0.4, -0.2) is 65.8 Å². The van der Waals surface area contributed by atoms with Crippen molar-refractivity contribution in [1.82, 2.24) is 19.3 Å². The average molecular weight is 390 g/mol. The molecular weight excluding hydrogens is 375 g/mol. The van der Waals surface area contributed by atoms with E-state index >= 15 is 0 Å². The van der Waals surface area contributed by atoms with E-state index in [2.05, 4.69) is 25.0 Å². The maximum Gasteiger partial charge on any atom is 0.422 e. The molecule has 0 radical (unpaired) electrons. The van der Waals surface area contributed by atoms with Crippen molar-refractivity contribution in [3.05, 3.63) is 5.28 Å². The Kier molecular flexibility index (Phi) is 5.71. The Bertz CT molecular complexity index is 680. The fourth-order valence-corrected chi connectivity index (χ4v) is 3.15. The molecule has 2 rings (SSSR count). The molecule has 0 aliphatic carbocycles. The van der Waals surface area contributed by atoms with Crippen LogP contribution in [0.1, 0.15) is 12.8 Å². The summed E-state index contributed by atoms with van der Waals surface area (Å²) in [5.74, 6) is -0.0232. The second kappa shape index (κ2) is 7.23. The fourth-order valence-electron chi connectivity index (χ4n) is 2.12. The quantitative estimate of drug-likeness (QED) is 0.810. The van der Waals surface area contributed by atoms with Gasteiger partial charge in [0, 0.05) is 19.1 Å². The highest BCUT2D eigenvalue weighted by atomic mass is 35.5. The lowest BCUT2D eigenvalue weighted by molar-refractivity contribution is -0.154. The minimum absolute atomic E-state index is 0.0232. The summed E-state index contributed by atoms with van der Waals surface area (Å²) in [7, 11) is -3.24. The van der Waals surface area contributed by atoms with E-state index in [1.54, 1.807) is 0 Å². The van der Waals surface area contributed by atoms with Crippen LogP contribution in [0.3, 0.4) is 0 Å². The molecule has 0 aromatic carbocycles. The lowest BCUT2D eigenvalue weighted by Crippen LogP contribution is -2.42. The maximum atomic E-state index is 12.1. The summed E-state index contributed by atoms with van der Waals surface area (Å²) < 4.78 is 65.1. The van der Waals surface area contributed by atoms with E-state index in [0.29, 0.717) is 25.9 Å². The first kappa shape index (κ1) is 18.9. The number of aromatic nitrogens is 3. The second-order valence-corrected chi connectivity index (χ2v) is 7.52. The van der Waals surface area contributed by atoms with E-state index in [1.807, 2.05) is 0 Å². The Balaban J connectivity index is 1.97. The van der Waals surface area contributed by atoms with Gasteiger partial charge in [0.2, 0.25) is 21.3 Å². The first-order valence-electron chi connectivity index (χ1n) is 6.86. The molecule has 1 saturated heterocycles. The van der Waals surface area contributed by atoms with E-state index in [-0.39, 0.29) is 17.3 Å². The Morgan fingerprint density at radius 1 is 1.29 bits per heavy atom. The number of piperidine rings is 1. The third-order valence-corrected chi connectivity index (χ3v) is 4.68. The number of alkyl halides is 3. The summed E-state index contributed by atoms with van der Waals surface area (Å²) >= 11 is 5.65. The van der Waals surface area contributed by atoms with Gasteiger partial charge < -0.3 is 10.1 Å². The molecule has 0 spiro atoms. The standard InChI is InChI=1S/C11H15ClF3N5O3S/c1-24(21,22)20-4-2-7(3-5-20)16-9-17-8(12)18-10(19-9)23-6-11(13,14)15/h7H,2-6H2,1H3,(H,16,17,18,19). The SMILES string of the molecule is CS(=O)(=O)N1CCC(Nc2nc(Cl)nc(OCC(F)(F)F)n2)CC1. The molecule has 8 nitrogen and oxygen atoms in total. The van der Waals surface area contributed by atoms with Crippen LogP contribution in [0.15, 0.2) is 0 Å². The summed E-state index contributed by atoms with van der Waals surface area (Å²) in [6.07, 6.45) is -2.40. The minimum atomic E-state index is -4.52. The monoisotopic (exact) mass is 389 g/mol. The van der Waals surface area contributed by atoms with Gasteiger partial charge in [-0.3, -0.25) is 0 Å². The van der Waals surface area contributed by atoms with Gasteiger partial charge in [-0.1, -0.05) is 0 Å². The van der Waals surface area contributed by atoms with Crippen LogP contribution in [0.4, 0.5) is 19.1 Å². The Morgan fingerprint density at radius 3 is 2.46 bits per heavy atom. The highest BCUT2D eigenvalue weighted by molar-refractivity contribution is 7.88. The van der Waals surface area contributed by atoms with Crippen LogP contribution in [0.25, 0.3) is 0 Å². The van der Waals surface area contributed by atoms with E-state index in [0.717, 1.165) is 6.26 Å². The number of halogens is 4. The molecule has 136 valence electrons. The molecule has 0 bridgehead atoms. The molecule has 1 aromatic heterocycles. The summed E-state index contributed by atoms with van der Waals surface area (Å²) in [6.45, 7) is -0.890. The van der Waals surface area contributed by atoms with Gasteiger partial charge in [-0.05, 0) is 24.4 Å². The Labute approximate surface area is 141 Å². The third-order valence-electron chi connectivity index (χ3n) is 3.21. The summed E-state index contributed by atoms with van der Waals surface area (Å²) in [5.41, 5.74) is 0. The molecule has 0 atom stereocenters. The number of ether oxygens (including phenoxy) is 1. The largest absolute Gasteiger partial charge is 0.454 e. The van der Waals surface area contributed by atoms with Crippen LogP contribution in [0.5, 0.6) is 6.01 Å². The van der Waals surface area contributed by atoms with Crippen LogP contribution < -0.4 is 10.1 Å². The molecule has 13 heteroatoms. The predicted octanol–water partition coefficient (Wildman–Crippen LogP) is 1.30. The number of hydrogen-bond acceptors (Lipinski definition) is 7. The van der Waals surface area contributed by atoms with Crippen LogP contribution in [-0.2, 0) is 10.0 Å². The van der Waals surface area contributed by atoms with Gasteiger partial charge >= 0.3 is 12.2 Å². The predicted molar refractivity (Wildman–Crippen MR) is 79.4 cm³/mol. The summed E-state index contributed by atoms with van der Waals surface area (Å²) in [4.78, 5) is 11.0. The molecule has 0 unspecified atom stereocenters. The zero-order chi connectivity index (χ0) is 18.0. The van der Waals surface area contributed by atoms with Gasteiger partial charge in [-0.25, -0.2) is 12.7 Å². The molecule has 0 saturated carbocycles. The number of sulfonamides is 1. The molecule has 2 heterocycles. The van der Waals surface area contributed by atoms with Crippen molar-refractivity contribution in [1.29, 1.82) is 0 Å². The third kappa shape index (κ3) is 5.91. The van der Waals surface area contributed by atoms with Gasteiger partial charge in [0.05, 0.1) is 6.26 Å². The van der Waals surface area contributed by atoms with Crippen LogP contribution in [0, 0.1) is 0 Å². The lowest BCUT2D eigenvalue weighted by atomic mass is 10.1. The van der Waals surface area contributed by atoms with Gasteiger partial charge in [-0.2, -0.15) is 28.1 Å². The van der Waals surface area contributed by atoms with Crippen LogP contribution >= 0.6 is 11.6 Å². The lowest BCUT2D eigenvalue weighted by Gasteiger charge is -2.30. The van der Waals surface area contributed by atoms with Crippen molar-refractivity contribution < 1.29 is 26.3 Å². The summed E-state index contributed by atoms with van der Waals surface area (Å²) in [6, 6.07) is -0.680. The number of anilines is 1. The van der Waals surface area contributed by atoms with Gasteiger partial charge in [0.15, 0.2) is 6.61 Å². The fraction of sp³-hybridized carbons (Fsp3) is 0.727. The number of hydrogen-bond donors (Lipinski definition) is 1. The normalized spacial score (nSPS) is 17.7. The molecule has 1 N–H and O–H groups in total. The number of nitrogens with one attached hydrogen (secondary N) is 1. The maximum absolute atomic E-state index is 12.1. The highest BCUT2D eigenvalue weighted by Crippen LogP contribution is 2.20. The first-order valence-corrected chi connectivity index (χ1v) is 9.08. The van der Waals surface area contributed by atoms with Crippen LogP contribution in [0.2, 0.25) is 5.28 Å². The smallest absolute Gasteiger partial charge is 0.422 e. The average Bonchev–Trinajstić information content (AvgIpc) is 2.43. The van der Waals surface area contributed by atoms with E-state index < -0.39 is 28.8 Å². The molecule has 24 heavy (non-hydrogen) atoms. The molecule has 1 fully saturated rings. The van der Waals surface area contributed by atoms with Crippen molar-refractivity contribution in [2.75, 3.05) is 31.3 Å². The molecule has 1 aliphatic rings. The Morgan fingerprint density at radius 2 is 1.92 bits per heavy atom. The molecule has 0 amide bonds. The number of nitrogens with zero attached hydrogens (tertiary/aromatic N) is 4. The minimum Gasteiger partial charge on any atom is -0.454 e. The van der Waals surface area contributed by atoms with Gasteiger partial charge in [0.1, 0.15) is 0 Å². The molecule has 1 aliphatic heterocycles. The summed E-state index contributed by atoms with van der Waals surface area (Å²) in [5, 5.41) is 2.59. The van der Waals surface area contributed by atoms with Crippen molar-refractivity contribution in [2.45, 2.75) is 25.1 Å².